The molecule has 178 valence electrons. The van der Waals surface area contributed by atoms with Crippen LogP contribution in [0.3, 0.4) is 0 Å². The van der Waals surface area contributed by atoms with Gasteiger partial charge in [-0.25, -0.2) is 4.39 Å². The van der Waals surface area contributed by atoms with Gasteiger partial charge in [-0.2, -0.15) is 9.78 Å². The normalized spacial score (nSPS) is 16.9. The zero-order chi connectivity index (χ0) is 24.2. The van der Waals surface area contributed by atoms with Crippen molar-refractivity contribution in [1.29, 1.82) is 0 Å². The largest absolute Gasteiger partial charge is 0.494 e. The highest BCUT2D eigenvalue weighted by Gasteiger charge is 2.29. The third-order valence-electron chi connectivity index (χ3n) is 6.40. The van der Waals surface area contributed by atoms with E-state index in [1.165, 1.54) is 17.9 Å². The Bertz CT molecular complexity index is 1410. The molecule has 0 amide bonds. The molecule has 0 saturated carbocycles. The Morgan fingerprint density at radius 3 is 2.71 bits per heavy atom. The van der Waals surface area contributed by atoms with Crippen LogP contribution in [0.4, 0.5) is 4.39 Å². The summed E-state index contributed by atoms with van der Waals surface area (Å²) < 4.78 is 30.1. The van der Waals surface area contributed by atoms with E-state index in [4.69, 9.17) is 9.47 Å². The average molecular weight is 575 g/mol. The second kappa shape index (κ2) is 8.64. The highest BCUT2D eigenvalue weighted by molar-refractivity contribution is 14.1. The lowest BCUT2D eigenvalue weighted by Gasteiger charge is -2.25. The van der Waals surface area contributed by atoms with Crippen LogP contribution in [-0.4, -0.2) is 40.6 Å². The molecule has 8 heteroatoms. The highest BCUT2D eigenvalue weighted by Crippen LogP contribution is 2.40. The molecule has 1 aliphatic rings. The Morgan fingerprint density at radius 2 is 2.03 bits per heavy atom. The number of aromatic nitrogens is 3. The summed E-state index contributed by atoms with van der Waals surface area (Å²) in [7, 11) is 1.47. The molecule has 1 saturated heterocycles. The van der Waals surface area contributed by atoms with Gasteiger partial charge in [0.05, 0.1) is 30.9 Å². The molecule has 3 heterocycles. The Hall–Kier alpha value is -2.46. The lowest BCUT2D eigenvalue weighted by molar-refractivity contribution is 0.0755. The first-order valence-corrected chi connectivity index (χ1v) is 12.5. The maximum atomic E-state index is 14.2. The molecule has 2 aromatic heterocycles. The zero-order valence-electron chi connectivity index (χ0n) is 19.7. The van der Waals surface area contributed by atoms with Crippen LogP contribution in [-0.2, 0) is 4.74 Å². The molecule has 0 aliphatic carbocycles. The van der Waals surface area contributed by atoms with E-state index in [-0.39, 0.29) is 17.6 Å². The molecular formula is C26H27FIN3O3. The van der Waals surface area contributed by atoms with Crippen molar-refractivity contribution in [1.82, 2.24) is 14.3 Å². The van der Waals surface area contributed by atoms with Crippen molar-refractivity contribution in [3.05, 3.63) is 51.6 Å². The minimum absolute atomic E-state index is 0.0551. The number of carbonyl (C=O) groups excluding carboxylic acids is 1. The van der Waals surface area contributed by atoms with E-state index in [2.05, 4.69) is 38.3 Å². The summed E-state index contributed by atoms with van der Waals surface area (Å²) in [6.45, 7) is 7.09. The summed E-state index contributed by atoms with van der Waals surface area (Å²) >= 11 is 2.39. The van der Waals surface area contributed by atoms with E-state index in [0.29, 0.717) is 6.61 Å². The monoisotopic (exact) mass is 575 g/mol. The molecule has 1 fully saturated rings. The molecule has 0 bridgehead atoms. The second-order valence-corrected chi connectivity index (χ2v) is 10.9. The van der Waals surface area contributed by atoms with Crippen molar-refractivity contribution in [2.45, 2.75) is 39.5 Å². The van der Waals surface area contributed by atoms with E-state index in [1.54, 1.807) is 18.3 Å². The first-order valence-electron chi connectivity index (χ1n) is 11.4. The summed E-state index contributed by atoms with van der Waals surface area (Å²) in [5.41, 5.74) is 3.17. The molecule has 5 rings (SSSR count). The van der Waals surface area contributed by atoms with Crippen molar-refractivity contribution in [2.75, 3.05) is 20.3 Å². The number of hydrogen-bond acceptors (Lipinski definition) is 4. The van der Waals surface area contributed by atoms with Gasteiger partial charge in [-0.3, -0.25) is 4.79 Å². The summed E-state index contributed by atoms with van der Waals surface area (Å²) in [6.07, 6.45) is 3.74. The van der Waals surface area contributed by atoms with Gasteiger partial charge in [0.15, 0.2) is 11.6 Å². The second-order valence-electron chi connectivity index (χ2n) is 9.81. The number of fused-ring (bicyclic) bond motifs is 2. The Morgan fingerprint density at radius 1 is 1.24 bits per heavy atom. The van der Waals surface area contributed by atoms with Crippen LogP contribution < -0.4 is 4.74 Å². The van der Waals surface area contributed by atoms with Gasteiger partial charge in [-0.15, -0.1) is 0 Å². The van der Waals surface area contributed by atoms with Gasteiger partial charge in [-0.1, -0.05) is 20.8 Å². The fraction of sp³-hybridized carbons (Fsp3) is 0.385. The van der Waals surface area contributed by atoms with Gasteiger partial charge in [0.25, 0.3) is 5.91 Å². The molecule has 0 N–H and O–H groups in total. The molecule has 1 unspecified atom stereocenters. The van der Waals surface area contributed by atoms with Crippen LogP contribution in [0.2, 0.25) is 0 Å². The Kier molecular flexibility index (Phi) is 5.92. The zero-order valence-corrected chi connectivity index (χ0v) is 21.8. The summed E-state index contributed by atoms with van der Waals surface area (Å²) in [5.74, 6) is -0.0467. The van der Waals surface area contributed by atoms with Gasteiger partial charge in [0.2, 0.25) is 0 Å². The topological polar surface area (TPSA) is 58.3 Å². The molecule has 4 aromatic rings. The molecular weight excluding hydrogens is 548 g/mol. The third-order valence-corrected chi connectivity index (χ3v) is 7.54. The van der Waals surface area contributed by atoms with E-state index < -0.39 is 11.2 Å². The molecule has 2 aromatic carbocycles. The van der Waals surface area contributed by atoms with Gasteiger partial charge >= 0.3 is 0 Å². The van der Waals surface area contributed by atoms with Crippen LogP contribution >= 0.6 is 22.6 Å². The SMILES string of the molecule is COc1cc(-n2c(C3CCCOC3)c(I)c3cc4c(cnn4C(=O)C(C)(C)C)cc32)ccc1F. The first-order chi connectivity index (χ1) is 16.2. The van der Waals surface area contributed by atoms with Gasteiger partial charge in [-0.05, 0) is 59.7 Å². The van der Waals surface area contributed by atoms with Crippen LogP contribution in [0.5, 0.6) is 5.75 Å². The van der Waals surface area contributed by atoms with Gasteiger partial charge in [0.1, 0.15) is 0 Å². The molecule has 0 radical (unpaired) electrons. The average Bonchev–Trinajstić information content (AvgIpc) is 3.36. The fourth-order valence-electron chi connectivity index (χ4n) is 4.65. The third kappa shape index (κ3) is 3.80. The maximum absolute atomic E-state index is 14.2. The number of benzene rings is 2. The van der Waals surface area contributed by atoms with Gasteiger partial charge < -0.3 is 14.0 Å². The van der Waals surface area contributed by atoms with Crippen LogP contribution in [0.15, 0.2) is 36.5 Å². The smallest absolute Gasteiger partial charge is 0.252 e. The predicted octanol–water partition coefficient (Wildman–Crippen LogP) is 6.31. The molecule has 1 aliphatic heterocycles. The number of nitrogens with zero attached hydrogens (tertiary/aromatic N) is 3. The highest BCUT2D eigenvalue weighted by atomic mass is 127. The predicted molar refractivity (Wildman–Crippen MR) is 139 cm³/mol. The number of hydrogen-bond donors (Lipinski definition) is 0. The minimum atomic E-state index is -0.553. The quantitative estimate of drug-likeness (QED) is 0.269. The van der Waals surface area contributed by atoms with Gasteiger partial charge in [0, 0.05) is 49.7 Å². The van der Waals surface area contributed by atoms with Crippen molar-refractivity contribution in [3.63, 3.8) is 0 Å². The number of carbonyl (C=O) groups is 1. The molecule has 1 atom stereocenters. The van der Waals surface area contributed by atoms with Crippen LogP contribution in [0.25, 0.3) is 27.5 Å². The van der Waals surface area contributed by atoms with Crippen LogP contribution in [0, 0.1) is 14.8 Å². The van der Waals surface area contributed by atoms with E-state index in [0.717, 1.165) is 56.2 Å². The van der Waals surface area contributed by atoms with Crippen molar-refractivity contribution >= 4 is 50.3 Å². The minimum Gasteiger partial charge on any atom is -0.494 e. The Labute approximate surface area is 211 Å². The standard InChI is InChI=1S/C26H27FIN3O3/c1-26(2,3)25(32)31-20-12-18-21(10-16(20)13-29-31)30(17-7-8-19(27)22(11-17)33-4)24(23(18)28)15-6-5-9-34-14-15/h7-8,10-13,15H,5-6,9,14H2,1-4H3. The molecule has 6 nitrogen and oxygen atoms in total. The summed E-state index contributed by atoms with van der Waals surface area (Å²) in [4.78, 5) is 13.0. The molecule has 0 spiro atoms. The number of halogens is 2. The summed E-state index contributed by atoms with van der Waals surface area (Å²) in [6, 6.07) is 9.06. The van der Waals surface area contributed by atoms with Crippen molar-refractivity contribution in [2.24, 2.45) is 5.41 Å². The number of ether oxygens (including phenoxy) is 2. The number of rotatable bonds is 3. The van der Waals surface area contributed by atoms with E-state index >= 15 is 0 Å². The lowest BCUT2D eigenvalue weighted by Crippen LogP contribution is -2.27. The van der Waals surface area contributed by atoms with Crippen LogP contribution in [0.1, 0.15) is 50.0 Å². The molecule has 34 heavy (non-hydrogen) atoms. The summed E-state index contributed by atoms with van der Waals surface area (Å²) in [5, 5.41) is 6.32. The first kappa shape index (κ1) is 23.3. The van der Waals surface area contributed by atoms with Crippen molar-refractivity contribution in [3.8, 4) is 11.4 Å². The fourth-order valence-corrected chi connectivity index (χ4v) is 5.77. The van der Waals surface area contributed by atoms with E-state index in [9.17, 15) is 9.18 Å². The Balaban J connectivity index is 1.80. The van der Waals surface area contributed by atoms with E-state index in [1.807, 2.05) is 26.8 Å². The lowest BCUT2D eigenvalue weighted by atomic mass is 9.96. The number of methoxy groups -OCH3 is 1. The van der Waals surface area contributed by atoms with Crippen molar-refractivity contribution < 1.29 is 18.7 Å². The maximum Gasteiger partial charge on any atom is 0.252 e.